The Kier molecular flexibility index (Phi) is 7.32. The SMILES string of the molecule is CCC(Oc1ccccc1/C=C1\SC(=Nc2ccc(C(=O)O)cc2)N(CC)C1=O)C(=O)O. The van der Waals surface area contributed by atoms with Gasteiger partial charge in [-0.15, -0.1) is 0 Å². The summed E-state index contributed by atoms with van der Waals surface area (Å²) >= 11 is 1.19. The van der Waals surface area contributed by atoms with E-state index in [4.69, 9.17) is 9.84 Å². The molecule has 0 radical (unpaired) electrons. The van der Waals surface area contributed by atoms with Crippen molar-refractivity contribution in [1.82, 2.24) is 4.90 Å². The van der Waals surface area contributed by atoms with Gasteiger partial charge in [0, 0.05) is 12.1 Å². The molecule has 1 heterocycles. The molecule has 0 aromatic heterocycles. The summed E-state index contributed by atoms with van der Waals surface area (Å²) in [5.74, 6) is -1.93. The number of amidine groups is 1. The molecule has 1 fully saturated rings. The van der Waals surface area contributed by atoms with Gasteiger partial charge < -0.3 is 14.9 Å². The number of hydrogen-bond donors (Lipinski definition) is 2. The molecular weight excluding hydrogens is 432 g/mol. The van der Waals surface area contributed by atoms with Gasteiger partial charge in [0.1, 0.15) is 5.75 Å². The summed E-state index contributed by atoms with van der Waals surface area (Å²) in [6, 6.07) is 13.0. The monoisotopic (exact) mass is 454 g/mol. The zero-order valence-electron chi connectivity index (χ0n) is 17.5. The Morgan fingerprint density at radius 3 is 2.41 bits per heavy atom. The number of benzene rings is 2. The Morgan fingerprint density at radius 2 is 1.81 bits per heavy atom. The highest BCUT2D eigenvalue weighted by atomic mass is 32.2. The van der Waals surface area contributed by atoms with Gasteiger partial charge in [-0.3, -0.25) is 9.69 Å². The Bertz CT molecular complexity index is 1090. The van der Waals surface area contributed by atoms with Crippen LogP contribution in [0, 0.1) is 0 Å². The van der Waals surface area contributed by atoms with E-state index in [-0.39, 0.29) is 11.5 Å². The number of nitrogens with zero attached hydrogens (tertiary/aromatic N) is 2. The lowest BCUT2D eigenvalue weighted by Gasteiger charge is -2.15. The first kappa shape index (κ1) is 23.1. The van der Waals surface area contributed by atoms with Crippen molar-refractivity contribution in [3.63, 3.8) is 0 Å². The molecule has 1 atom stereocenters. The molecule has 0 saturated carbocycles. The van der Waals surface area contributed by atoms with E-state index in [1.165, 1.54) is 28.8 Å². The number of hydrogen-bond acceptors (Lipinski definition) is 6. The zero-order valence-corrected chi connectivity index (χ0v) is 18.3. The number of ether oxygens (including phenoxy) is 1. The second kappa shape index (κ2) is 10.1. The number of carbonyl (C=O) groups is 3. The maximum absolute atomic E-state index is 12.9. The van der Waals surface area contributed by atoms with E-state index in [0.29, 0.717) is 40.0 Å². The van der Waals surface area contributed by atoms with Crippen molar-refractivity contribution in [1.29, 1.82) is 0 Å². The van der Waals surface area contributed by atoms with E-state index < -0.39 is 18.0 Å². The topological polar surface area (TPSA) is 117 Å². The standard InChI is InChI=1S/C23H22N2O6S/c1-3-17(22(29)30)31-18-8-6-5-7-15(18)13-19-20(26)25(4-2)23(32-19)24-16-11-9-14(10-12-16)21(27)28/h5-13,17H,3-4H2,1-2H3,(H,27,28)(H,29,30)/b19-13-,24-23?. The number of rotatable bonds is 8. The summed E-state index contributed by atoms with van der Waals surface area (Å²) in [5, 5.41) is 18.8. The first-order valence-corrected chi connectivity index (χ1v) is 10.8. The van der Waals surface area contributed by atoms with Crippen LogP contribution >= 0.6 is 11.8 Å². The third-order valence-electron chi connectivity index (χ3n) is 4.66. The number of aromatic carboxylic acids is 1. The van der Waals surface area contributed by atoms with Crippen molar-refractivity contribution in [3.05, 3.63) is 64.6 Å². The average molecular weight is 455 g/mol. The van der Waals surface area contributed by atoms with Crippen LogP contribution < -0.4 is 4.74 Å². The molecular formula is C23H22N2O6S. The van der Waals surface area contributed by atoms with Crippen molar-refractivity contribution < 1.29 is 29.3 Å². The van der Waals surface area contributed by atoms with Crippen molar-refractivity contribution >= 4 is 46.5 Å². The van der Waals surface area contributed by atoms with E-state index in [1.54, 1.807) is 49.4 Å². The Balaban J connectivity index is 1.91. The molecule has 3 rings (SSSR count). The van der Waals surface area contributed by atoms with Gasteiger partial charge in [-0.25, -0.2) is 14.6 Å². The van der Waals surface area contributed by atoms with Crippen LogP contribution in [0.2, 0.25) is 0 Å². The molecule has 1 unspecified atom stereocenters. The number of likely N-dealkylation sites (N-methyl/N-ethyl adjacent to an activating group) is 1. The van der Waals surface area contributed by atoms with Crippen molar-refractivity contribution in [2.24, 2.45) is 4.99 Å². The Morgan fingerprint density at radius 1 is 1.12 bits per heavy atom. The number of carboxylic acids is 2. The third-order valence-corrected chi connectivity index (χ3v) is 5.67. The van der Waals surface area contributed by atoms with Crippen LogP contribution in [0.25, 0.3) is 6.08 Å². The summed E-state index contributed by atoms with van der Waals surface area (Å²) in [6.45, 7) is 3.96. The van der Waals surface area contributed by atoms with E-state index in [1.807, 2.05) is 6.92 Å². The molecule has 1 aliphatic heterocycles. The number of thioether (sulfide) groups is 1. The fourth-order valence-electron chi connectivity index (χ4n) is 2.97. The van der Waals surface area contributed by atoms with Crippen LogP contribution in [-0.2, 0) is 9.59 Å². The Labute approximate surface area is 189 Å². The van der Waals surface area contributed by atoms with Gasteiger partial charge in [-0.2, -0.15) is 0 Å². The van der Waals surface area contributed by atoms with E-state index in [9.17, 15) is 19.5 Å². The third kappa shape index (κ3) is 5.17. The largest absolute Gasteiger partial charge is 0.479 e. The number of aliphatic imine (C=N–C) groups is 1. The predicted molar refractivity (Wildman–Crippen MR) is 122 cm³/mol. The lowest BCUT2D eigenvalue weighted by molar-refractivity contribution is -0.145. The van der Waals surface area contributed by atoms with Crippen LogP contribution in [0.1, 0.15) is 36.2 Å². The van der Waals surface area contributed by atoms with E-state index in [2.05, 4.69) is 4.99 Å². The minimum absolute atomic E-state index is 0.153. The Hall–Kier alpha value is -3.59. The van der Waals surface area contributed by atoms with Gasteiger partial charge in [-0.05, 0) is 61.5 Å². The van der Waals surface area contributed by atoms with Gasteiger partial charge in [0.15, 0.2) is 11.3 Å². The highest BCUT2D eigenvalue weighted by Crippen LogP contribution is 2.35. The first-order valence-electron chi connectivity index (χ1n) is 9.96. The number of para-hydroxylation sites is 1. The lowest BCUT2D eigenvalue weighted by atomic mass is 10.1. The van der Waals surface area contributed by atoms with E-state index in [0.717, 1.165) is 0 Å². The van der Waals surface area contributed by atoms with Crippen LogP contribution in [0.15, 0.2) is 58.4 Å². The second-order valence-corrected chi connectivity index (χ2v) is 7.81. The quantitative estimate of drug-likeness (QED) is 0.573. The number of carboxylic acid groups (broad SMARTS) is 2. The maximum Gasteiger partial charge on any atom is 0.344 e. The fraction of sp³-hybridized carbons (Fsp3) is 0.217. The smallest absolute Gasteiger partial charge is 0.344 e. The van der Waals surface area contributed by atoms with Crippen LogP contribution in [0.3, 0.4) is 0 Å². The highest BCUT2D eigenvalue weighted by molar-refractivity contribution is 8.18. The molecule has 1 saturated heterocycles. The molecule has 8 nitrogen and oxygen atoms in total. The summed E-state index contributed by atoms with van der Waals surface area (Å²) in [6.07, 6.45) is 0.976. The second-order valence-electron chi connectivity index (χ2n) is 6.80. The molecule has 2 aromatic carbocycles. The number of aliphatic carboxylic acids is 1. The molecule has 0 bridgehead atoms. The molecule has 166 valence electrons. The number of carbonyl (C=O) groups excluding carboxylic acids is 1. The highest BCUT2D eigenvalue weighted by Gasteiger charge is 2.32. The zero-order chi connectivity index (χ0) is 23.3. The molecule has 9 heteroatoms. The summed E-state index contributed by atoms with van der Waals surface area (Å²) in [5.41, 5.74) is 1.27. The molecule has 0 spiro atoms. The minimum Gasteiger partial charge on any atom is -0.479 e. The molecule has 32 heavy (non-hydrogen) atoms. The van der Waals surface area contributed by atoms with E-state index >= 15 is 0 Å². The summed E-state index contributed by atoms with van der Waals surface area (Å²) in [4.78, 5) is 41.7. The van der Waals surface area contributed by atoms with Crippen LogP contribution in [0.5, 0.6) is 5.75 Å². The van der Waals surface area contributed by atoms with Gasteiger partial charge in [-0.1, -0.05) is 25.1 Å². The van der Waals surface area contributed by atoms with Crippen molar-refractivity contribution in [3.8, 4) is 5.75 Å². The van der Waals surface area contributed by atoms with Gasteiger partial charge in [0.2, 0.25) is 0 Å². The summed E-state index contributed by atoms with van der Waals surface area (Å²) in [7, 11) is 0. The van der Waals surface area contributed by atoms with Gasteiger partial charge >= 0.3 is 11.9 Å². The molecule has 0 aliphatic carbocycles. The van der Waals surface area contributed by atoms with Gasteiger partial charge in [0.05, 0.1) is 16.2 Å². The number of amides is 1. The van der Waals surface area contributed by atoms with Crippen molar-refractivity contribution in [2.75, 3.05) is 6.54 Å². The van der Waals surface area contributed by atoms with Crippen LogP contribution in [0.4, 0.5) is 5.69 Å². The normalized spacial score (nSPS) is 17.1. The minimum atomic E-state index is -1.05. The average Bonchev–Trinajstić information content (AvgIpc) is 3.06. The molecule has 1 aliphatic rings. The van der Waals surface area contributed by atoms with Crippen molar-refractivity contribution in [2.45, 2.75) is 26.4 Å². The lowest BCUT2D eigenvalue weighted by Crippen LogP contribution is -2.28. The predicted octanol–water partition coefficient (Wildman–Crippen LogP) is 4.25. The van der Waals surface area contributed by atoms with Crippen LogP contribution in [-0.4, -0.2) is 50.8 Å². The molecule has 1 amide bonds. The summed E-state index contributed by atoms with van der Waals surface area (Å²) < 4.78 is 5.65. The maximum atomic E-state index is 12.9. The fourth-order valence-corrected chi connectivity index (χ4v) is 4.02. The molecule has 2 N–H and O–H groups in total. The molecule has 2 aromatic rings. The first-order chi connectivity index (χ1) is 15.3. The van der Waals surface area contributed by atoms with Gasteiger partial charge in [0.25, 0.3) is 5.91 Å².